The van der Waals surface area contributed by atoms with E-state index >= 15 is 0 Å². The Morgan fingerprint density at radius 1 is 1.17 bits per heavy atom. The minimum absolute atomic E-state index is 0.199. The van der Waals surface area contributed by atoms with Gasteiger partial charge in [0.05, 0.1) is 18.0 Å². The van der Waals surface area contributed by atoms with E-state index in [0.29, 0.717) is 24.6 Å². The topological polar surface area (TPSA) is 93.3 Å². The average molecular weight is 339 g/mol. The highest BCUT2D eigenvalue weighted by molar-refractivity contribution is 7.89. The summed E-state index contributed by atoms with van der Waals surface area (Å²) >= 11 is 0. The number of nitrogens with zero attached hydrogens (tertiary/aromatic N) is 1. The zero-order valence-electron chi connectivity index (χ0n) is 13.4. The number of hydrogen-bond donors (Lipinski definition) is 2. The van der Waals surface area contributed by atoms with Crippen molar-refractivity contribution in [3.8, 4) is 5.75 Å². The van der Waals surface area contributed by atoms with Crippen LogP contribution in [0.25, 0.3) is 0 Å². The van der Waals surface area contributed by atoms with Gasteiger partial charge in [0.15, 0.2) is 0 Å². The highest BCUT2D eigenvalue weighted by Crippen LogP contribution is 2.17. The highest BCUT2D eigenvalue weighted by Gasteiger charge is 2.21. The fourth-order valence-corrected chi connectivity index (χ4v) is 3.52. The molecule has 7 nitrogen and oxygen atoms in total. The van der Waals surface area contributed by atoms with Crippen molar-refractivity contribution < 1.29 is 17.9 Å². The Bertz CT molecular complexity index is 719. The maximum atomic E-state index is 12.3. The zero-order valence-corrected chi connectivity index (χ0v) is 14.2. The van der Waals surface area contributed by atoms with Crippen LogP contribution < -0.4 is 9.46 Å². The van der Waals surface area contributed by atoms with E-state index in [9.17, 15) is 8.42 Å². The van der Waals surface area contributed by atoms with Crippen molar-refractivity contribution in [2.24, 2.45) is 0 Å². The van der Waals surface area contributed by atoms with E-state index in [4.69, 9.17) is 9.47 Å². The SMILES string of the molecule is COCCOc1ccc(CNS(=O)(=O)c2c(C)n[nH]c2C)cc1. The van der Waals surface area contributed by atoms with Gasteiger partial charge in [0.25, 0.3) is 0 Å². The van der Waals surface area contributed by atoms with Crippen LogP contribution >= 0.6 is 0 Å². The number of ether oxygens (including phenoxy) is 2. The predicted molar refractivity (Wildman–Crippen MR) is 85.9 cm³/mol. The van der Waals surface area contributed by atoms with Gasteiger partial charge in [-0.2, -0.15) is 5.10 Å². The smallest absolute Gasteiger partial charge is 0.244 e. The first-order chi connectivity index (χ1) is 10.9. The van der Waals surface area contributed by atoms with Gasteiger partial charge in [-0.05, 0) is 31.5 Å². The summed E-state index contributed by atoms with van der Waals surface area (Å²) in [6.45, 7) is 4.53. The maximum absolute atomic E-state index is 12.3. The van der Waals surface area contributed by atoms with Crippen molar-refractivity contribution in [2.75, 3.05) is 20.3 Å². The molecule has 1 heterocycles. The summed E-state index contributed by atoms with van der Waals surface area (Å²) in [7, 11) is -1.98. The molecule has 23 heavy (non-hydrogen) atoms. The van der Waals surface area contributed by atoms with Gasteiger partial charge in [0.1, 0.15) is 17.3 Å². The minimum atomic E-state index is -3.60. The number of nitrogens with one attached hydrogen (secondary N) is 2. The molecule has 0 saturated heterocycles. The molecule has 1 aromatic carbocycles. The van der Waals surface area contributed by atoms with Gasteiger partial charge < -0.3 is 9.47 Å². The molecule has 0 saturated carbocycles. The molecule has 2 aromatic rings. The van der Waals surface area contributed by atoms with Crippen LogP contribution in [0.15, 0.2) is 29.2 Å². The van der Waals surface area contributed by atoms with Gasteiger partial charge in [-0.1, -0.05) is 12.1 Å². The molecule has 0 aliphatic carbocycles. The lowest BCUT2D eigenvalue weighted by Crippen LogP contribution is -2.24. The summed E-state index contributed by atoms with van der Waals surface area (Å²) in [4.78, 5) is 0.206. The van der Waals surface area contributed by atoms with Crippen LogP contribution in [0.2, 0.25) is 0 Å². The number of aromatic nitrogens is 2. The average Bonchev–Trinajstić information content (AvgIpc) is 2.86. The lowest BCUT2D eigenvalue weighted by molar-refractivity contribution is 0.146. The molecule has 0 radical (unpaired) electrons. The fourth-order valence-electron chi connectivity index (χ4n) is 2.13. The monoisotopic (exact) mass is 339 g/mol. The van der Waals surface area contributed by atoms with Crippen LogP contribution in [0.1, 0.15) is 17.0 Å². The highest BCUT2D eigenvalue weighted by atomic mass is 32.2. The van der Waals surface area contributed by atoms with Crippen molar-refractivity contribution in [3.05, 3.63) is 41.2 Å². The van der Waals surface area contributed by atoms with Gasteiger partial charge in [-0.3, -0.25) is 5.10 Å². The van der Waals surface area contributed by atoms with Crippen LogP contribution in [0.5, 0.6) is 5.75 Å². The Morgan fingerprint density at radius 3 is 2.43 bits per heavy atom. The molecule has 126 valence electrons. The number of H-pyrrole nitrogens is 1. The number of aromatic amines is 1. The third kappa shape index (κ3) is 4.54. The molecule has 0 aliphatic heterocycles. The number of aryl methyl sites for hydroxylation is 2. The van der Waals surface area contributed by atoms with Crippen molar-refractivity contribution in [2.45, 2.75) is 25.3 Å². The quantitative estimate of drug-likeness (QED) is 0.712. The van der Waals surface area contributed by atoms with Gasteiger partial charge in [-0.15, -0.1) is 0 Å². The molecule has 0 aliphatic rings. The third-order valence-corrected chi connectivity index (χ3v) is 4.94. The van der Waals surface area contributed by atoms with E-state index in [-0.39, 0.29) is 11.4 Å². The van der Waals surface area contributed by atoms with E-state index < -0.39 is 10.0 Å². The number of methoxy groups -OCH3 is 1. The van der Waals surface area contributed by atoms with Gasteiger partial charge in [0.2, 0.25) is 10.0 Å². The molecular formula is C15H21N3O4S. The second kappa shape index (κ2) is 7.58. The van der Waals surface area contributed by atoms with E-state index in [1.54, 1.807) is 33.1 Å². The fraction of sp³-hybridized carbons (Fsp3) is 0.400. The van der Waals surface area contributed by atoms with Crippen LogP contribution in [-0.2, 0) is 21.3 Å². The maximum Gasteiger partial charge on any atom is 0.244 e. The summed E-state index contributed by atoms with van der Waals surface area (Å²) in [6, 6.07) is 7.24. The van der Waals surface area contributed by atoms with E-state index in [1.807, 2.05) is 12.1 Å². The number of rotatable bonds is 8. The van der Waals surface area contributed by atoms with Crippen molar-refractivity contribution in [3.63, 3.8) is 0 Å². The second-order valence-electron chi connectivity index (χ2n) is 5.07. The van der Waals surface area contributed by atoms with Gasteiger partial charge in [0, 0.05) is 13.7 Å². The molecule has 2 rings (SSSR count). The number of benzene rings is 1. The minimum Gasteiger partial charge on any atom is -0.491 e. The number of sulfonamides is 1. The zero-order chi connectivity index (χ0) is 16.9. The summed E-state index contributed by atoms with van der Waals surface area (Å²) in [6.07, 6.45) is 0. The summed E-state index contributed by atoms with van der Waals surface area (Å²) in [5.74, 6) is 0.718. The first kappa shape index (κ1) is 17.5. The number of hydrogen-bond acceptors (Lipinski definition) is 5. The first-order valence-corrected chi connectivity index (χ1v) is 8.64. The largest absolute Gasteiger partial charge is 0.491 e. The van der Waals surface area contributed by atoms with Crippen LogP contribution in [0.4, 0.5) is 0 Å². The molecule has 2 N–H and O–H groups in total. The Balaban J connectivity index is 1.98. The Kier molecular flexibility index (Phi) is 5.75. The van der Waals surface area contributed by atoms with E-state index in [2.05, 4.69) is 14.9 Å². The summed E-state index contributed by atoms with van der Waals surface area (Å²) < 4.78 is 37.6. The normalized spacial score (nSPS) is 11.6. The van der Waals surface area contributed by atoms with Crippen LogP contribution in [0, 0.1) is 13.8 Å². The molecule has 0 bridgehead atoms. The van der Waals surface area contributed by atoms with Crippen LogP contribution in [0.3, 0.4) is 0 Å². The lowest BCUT2D eigenvalue weighted by Gasteiger charge is -2.09. The summed E-state index contributed by atoms with van der Waals surface area (Å²) in [5, 5.41) is 6.59. The third-order valence-electron chi connectivity index (χ3n) is 3.28. The lowest BCUT2D eigenvalue weighted by atomic mass is 10.2. The molecule has 0 spiro atoms. The Morgan fingerprint density at radius 2 is 1.87 bits per heavy atom. The Hall–Kier alpha value is -1.90. The predicted octanol–water partition coefficient (Wildman–Crippen LogP) is 1.53. The molecule has 0 amide bonds. The molecule has 1 aromatic heterocycles. The molecule has 0 unspecified atom stereocenters. The molecule has 0 fully saturated rings. The molecule has 8 heteroatoms. The second-order valence-corrected chi connectivity index (χ2v) is 6.78. The molecular weight excluding hydrogens is 318 g/mol. The molecule has 0 atom stereocenters. The Labute approximate surface area is 136 Å². The van der Waals surface area contributed by atoms with E-state index in [0.717, 1.165) is 11.3 Å². The standard InChI is InChI=1S/C15H21N3O4S/c1-11-15(12(2)18-17-11)23(19,20)16-10-13-4-6-14(7-5-13)22-9-8-21-3/h4-7,16H,8-10H2,1-3H3,(H,17,18). The van der Waals surface area contributed by atoms with Gasteiger partial charge >= 0.3 is 0 Å². The van der Waals surface area contributed by atoms with Crippen molar-refractivity contribution in [1.29, 1.82) is 0 Å². The van der Waals surface area contributed by atoms with Crippen molar-refractivity contribution >= 4 is 10.0 Å². The van der Waals surface area contributed by atoms with Gasteiger partial charge in [-0.25, -0.2) is 13.1 Å². The van der Waals surface area contributed by atoms with Crippen molar-refractivity contribution in [1.82, 2.24) is 14.9 Å². The first-order valence-electron chi connectivity index (χ1n) is 7.16. The van der Waals surface area contributed by atoms with Crippen LogP contribution in [-0.4, -0.2) is 38.9 Å². The van der Waals surface area contributed by atoms with E-state index in [1.165, 1.54) is 0 Å². The summed E-state index contributed by atoms with van der Waals surface area (Å²) in [5.41, 5.74) is 1.82.